The molecule has 2 rings (SSSR count). The van der Waals surface area contributed by atoms with Crippen molar-refractivity contribution in [2.75, 3.05) is 26.7 Å². The molecule has 4 heteroatoms. The molecule has 0 aromatic heterocycles. The predicted octanol–water partition coefficient (Wildman–Crippen LogP) is 2.83. The van der Waals surface area contributed by atoms with E-state index in [9.17, 15) is 4.79 Å². The van der Waals surface area contributed by atoms with Crippen molar-refractivity contribution in [3.63, 3.8) is 0 Å². The van der Waals surface area contributed by atoms with Gasteiger partial charge in [-0.25, -0.2) is 0 Å². The molecule has 0 unspecified atom stereocenters. The molecule has 1 aromatic rings. The van der Waals surface area contributed by atoms with Crippen LogP contribution in [-0.2, 0) is 11.2 Å². The molecule has 1 aromatic carbocycles. The van der Waals surface area contributed by atoms with E-state index in [-0.39, 0.29) is 5.91 Å². The van der Waals surface area contributed by atoms with E-state index >= 15 is 0 Å². The number of amides is 1. The highest BCUT2D eigenvalue weighted by molar-refractivity contribution is 6.31. The standard InChI is InChI=1S/C16H23ClN2O/c1-3-19-10-8-14(9-11-19)18(2)16(20)12-13-6-4-5-7-15(13)17/h4-7,14H,3,8-12H2,1-2H3. The van der Waals surface area contributed by atoms with Gasteiger partial charge in [-0.3, -0.25) is 4.79 Å². The molecule has 0 saturated carbocycles. The van der Waals surface area contributed by atoms with Crippen molar-refractivity contribution in [2.45, 2.75) is 32.2 Å². The summed E-state index contributed by atoms with van der Waals surface area (Å²) in [5.41, 5.74) is 0.914. The maximum absolute atomic E-state index is 12.4. The van der Waals surface area contributed by atoms with Crippen LogP contribution in [0.2, 0.25) is 5.02 Å². The third-order valence-electron chi connectivity index (χ3n) is 4.24. The summed E-state index contributed by atoms with van der Waals surface area (Å²) in [6.07, 6.45) is 2.53. The Balaban J connectivity index is 1.91. The summed E-state index contributed by atoms with van der Waals surface area (Å²) in [5.74, 6) is 0.160. The predicted molar refractivity (Wildman–Crippen MR) is 83.1 cm³/mol. The number of carbonyl (C=O) groups is 1. The lowest BCUT2D eigenvalue weighted by molar-refractivity contribution is -0.132. The SMILES string of the molecule is CCN1CCC(N(C)C(=O)Cc2ccccc2Cl)CC1. The molecule has 1 aliphatic rings. The molecule has 0 aliphatic carbocycles. The van der Waals surface area contributed by atoms with Crippen molar-refractivity contribution < 1.29 is 4.79 Å². The van der Waals surface area contributed by atoms with Crippen LogP contribution in [0.4, 0.5) is 0 Å². The third-order valence-corrected chi connectivity index (χ3v) is 4.61. The molecule has 1 heterocycles. The van der Waals surface area contributed by atoms with Crippen molar-refractivity contribution in [1.82, 2.24) is 9.80 Å². The number of halogens is 1. The monoisotopic (exact) mass is 294 g/mol. The fourth-order valence-corrected chi connectivity index (χ4v) is 2.96. The first kappa shape index (κ1) is 15.3. The fraction of sp³-hybridized carbons (Fsp3) is 0.562. The van der Waals surface area contributed by atoms with E-state index in [0.717, 1.165) is 38.0 Å². The van der Waals surface area contributed by atoms with Crippen LogP contribution in [0.3, 0.4) is 0 Å². The largest absolute Gasteiger partial charge is 0.342 e. The quantitative estimate of drug-likeness (QED) is 0.852. The van der Waals surface area contributed by atoms with Gasteiger partial charge in [-0.15, -0.1) is 0 Å². The molecule has 1 aliphatic heterocycles. The minimum atomic E-state index is 0.160. The summed E-state index contributed by atoms with van der Waals surface area (Å²) >= 11 is 6.12. The smallest absolute Gasteiger partial charge is 0.227 e. The molecule has 0 spiro atoms. The Hall–Kier alpha value is -1.06. The summed E-state index contributed by atoms with van der Waals surface area (Å²) in [6.45, 7) is 5.46. The Kier molecular flexibility index (Phi) is 5.44. The van der Waals surface area contributed by atoms with Crippen molar-refractivity contribution in [3.8, 4) is 0 Å². The topological polar surface area (TPSA) is 23.6 Å². The molecular formula is C16H23ClN2O. The average Bonchev–Trinajstić information content (AvgIpc) is 2.49. The van der Waals surface area contributed by atoms with Crippen LogP contribution >= 0.6 is 11.6 Å². The molecule has 1 amide bonds. The van der Waals surface area contributed by atoms with E-state index in [4.69, 9.17) is 11.6 Å². The Morgan fingerprint density at radius 2 is 2.00 bits per heavy atom. The molecule has 20 heavy (non-hydrogen) atoms. The van der Waals surface area contributed by atoms with E-state index in [0.29, 0.717) is 17.5 Å². The van der Waals surface area contributed by atoms with Crippen molar-refractivity contribution in [2.24, 2.45) is 0 Å². The number of likely N-dealkylation sites (N-methyl/N-ethyl adjacent to an activating group) is 1. The maximum atomic E-state index is 12.4. The highest BCUT2D eigenvalue weighted by Gasteiger charge is 2.24. The van der Waals surface area contributed by atoms with Gasteiger partial charge < -0.3 is 9.80 Å². The number of nitrogens with zero attached hydrogens (tertiary/aromatic N) is 2. The normalized spacial score (nSPS) is 17.1. The van der Waals surface area contributed by atoms with Crippen LogP contribution in [0.15, 0.2) is 24.3 Å². The van der Waals surface area contributed by atoms with E-state index in [1.54, 1.807) is 0 Å². The first-order valence-electron chi connectivity index (χ1n) is 7.33. The molecule has 0 bridgehead atoms. The van der Waals surface area contributed by atoms with Gasteiger partial charge in [0.1, 0.15) is 0 Å². The van der Waals surface area contributed by atoms with Crippen molar-refractivity contribution in [3.05, 3.63) is 34.9 Å². The van der Waals surface area contributed by atoms with Gasteiger partial charge in [-0.1, -0.05) is 36.7 Å². The Labute approximate surface area is 126 Å². The summed E-state index contributed by atoms with van der Waals surface area (Å²) in [7, 11) is 1.92. The maximum Gasteiger partial charge on any atom is 0.227 e. The van der Waals surface area contributed by atoms with Crippen LogP contribution < -0.4 is 0 Å². The second-order valence-corrected chi connectivity index (χ2v) is 5.85. The average molecular weight is 295 g/mol. The lowest BCUT2D eigenvalue weighted by Gasteiger charge is -2.36. The third kappa shape index (κ3) is 3.74. The highest BCUT2D eigenvalue weighted by Crippen LogP contribution is 2.19. The lowest BCUT2D eigenvalue weighted by Crippen LogP contribution is -2.45. The van der Waals surface area contributed by atoms with Gasteiger partial charge in [0.25, 0.3) is 0 Å². The number of likely N-dealkylation sites (tertiary alicyclic amines) is 1. The zero-order valence-electron chi connectivity index (χ0n) is 12.3. The van der Waals surface area contributed by atoms with Crippen LogP contribution in [0.25, 0.3) is 0 Å². The van der Waals surface area contributed by atoms with E-state index in [2.05, 4.69) is 11.8 Å². The van der Waals surface area contributed by atoms with Gasteiger partial charge in [0.05, 0.1) is 6.42 Å². The van der Waals surface area contributed by atoms with Gasteiger partial charge in [0.15, 0.2) is 0 Å². The summed E-state index contributed by atoms with van der Waals surface area (Å²) in [5, 5.41) is 0.676. The van der Waals surface area contributed by atoms with Crippen molar-refractivity contribution >= 4 is 17.5 Å². The molecule has 1 saturated heterocycles. The number of hydrogen-bond acceptors (Lipinski definition) is 2. The number of piperidine rings is 1. The van der Waals surface area contributed by atoms with E-state index in [1.165, 1.54) is 0 Å². The van der Waals surface area contributed by atoms with Crippen LogP contribution in [0, 0.1) is 0 Å². The first-order chi connectivity index (χ1) is 9.61. The summed E-state index contributed by atoms with van der Waals surface area (Å²) in [4.78, 5) is 16.7. The van der Waals surface area contributed by atoms with Crippen LogP contribution in [-0.4, -0.2) is 48.4 Å². The number of rotatable bonds is 4. The highest BCUT2D eigenvalue weighted by atomic mass is 35.5. The number of carbonyl (C=O) groups excluding carboxylic acids is 1. The Morgan fingerprint density at radius 1 is 1.35 bits per heavy atom. The first-order valence-corrected chi connectivity index (χ1v) is 7.71. The van der Waals surface area contributed by atoms with Gasteiger partial charge in [0, 0.05) is 31.2 Å². The van der Waals surface area contributed by atoms with Crippen molar-refractivity contribution in [1.29, 1.82) is 0 Å². The summed E-state index contributed by atoms with van der Waals surface area (Å²) in [6, 6.07) is 7.94. The number of benzene rings is 1. The fourth-order valence-electron chi connectivity index (χ4n) is 2.76. The van der Waals surface area contributed by atoms with Crippen LogP contribution in [0.1, 0.15) is 25.3 Å². The van der Waals surface area contributed by atoms with Gasteiger partial charge in [-0.05, 0) is 31.0 Å². The van der Waals surface area contributed by atoms with Crippen LogP contribution in [0.5, 0.6) is 0 Å². The zero-order chi connectivity index (χ0) is 14.5. The van der Waals surface area contributed by atoms with E-state index in [1.807, 2.05) is 36.2 Å². The lowest BCUT2D eigenvalue weighted by atomic mass is 10.0. The molecular weight excluding hydrogens is 272 g/mol. The Bertz CT molecular complexity index is 456. The molecule has 3 nitrogen and oxygen atoms in total. The van der Waals surface area contributed by atoms with Gasteiger partial charge in [0.2, 0.25) is 5.91 Å². The minimum Gasteiger partial charge on any atom is -0.342 e. The molecule has 0 radical (unpaired) electrons. The van der Waals surface area contributed by atoms with Gasteiger partial charge >= 0.3 is 0 Å². The van der Waals surface area contributed by atoms with Gasteiger partial charge in [-0.2, -0.15) is 0 Å². The summed E-state index contributed by atoms with van der Waals surface area (Å²) < 4.78 is 0. The van der Waals surface area contributed by atoms with E-state index < -0.39 is 0 Å². The number of hydrogen-bond donors (Lipinski definition) is 0. The second kappa shape index (κ2) is 7.09. The molecule has 0 atom stereocenters. The zero-order valence-corrected chi connectivity index (χ0v) is 13.1. The molecule has 0 N–H and O–H groups in total. The second-order valence-electron chi connectivity index (χ2n) is 5.44. The molecule has 1 fully saturated rings. The molecule has 110 valence electrons. The minimum absolute atomic E-state index is 0.160. The Morgan fingerprint density at radius 3 is 2.60 bits per heavy atom.